The topological polar surface area (TPSA) is 120 Å². The maximum absolute atomic E-state index is 12.0. The number of carbonyl (C=O) groups is 1. The van der Waals surface area contributed by atoms with E-state index in [0.29, 0.717) is 68.6 Å². The molecule has 0 radical (unpaired) electrons. The maximum Gasteiger partial charge on any atom is 0.328 e. The van der Waals surface area contributed by atoms with Crippen LogP contribution in [-0.4, -0.2) is 66.9 Å². The number of benzene rings is 2. The first-order valence-corrected chi connectivity index (χ1v) is 12.6. The molecule has 10 nitrogen and oxygen atoms in total. The molecule has 0 spiro atoms. The van der Waals surface area contributed by atoms with Gasteiger partial charge in [-0.25, -0.2) is 0 Å². The van der Waals surface area contributed by atoms with Gasteiger partial charge in [0.25, 0.3) is 5.91 Å². The largest absolute Gasteiger partial charge is 0.424 e. The zero-order chi connectivity index (χ0) is 26.1. The van der Waals surface area contributed by atoms with Crippen LogP contribution in [0.1, 0.15) is 30.6 Å². The standard InChI is InChI=1S/C27H36N6O4/c1-21(2)13-14-29-25-31-26(33-27(32-25)37-23-11-7-4-8-12-23)30-16-18-36-20-19-35-17-15-28-24(34)22-9-5-3-6-10-22/h3-12,21H,13-20H2,1-2H3,(H,28,34)(H2,29,30,31,32,33). The third-order valence-corrected chi connectivity index (χ3v) is 5.04. The highest BCUT2D eigenvalue weighted by molar-refractivity contribution is 5.94. The number of carbonyl (C=O) groups excluding carboxylic acids is 1. The Morgan fingerprint density at radius 3 is 2.00 bits per heavy atom. The predicted molar refractivity (Wildman–Crippen MR) is 143 cm³/mol. The van der Waals surface area contributed by atoms with E-state index >= 15 is 0 Å². The zero-order valence-corrected chi connectivity index (χ0v) is 21.5. The van der Waals surface area contributed by atoms with Crippen LogP contribution in [0.5, 0.6) is 11.8 Å². The number of hydrogen-bond donors (Lipinski definition) is 3. The van der Waals surface area contributed by atoms with Gasteiger partial charge in [-0.1, -0.05) is 50.2 Å². The normalized spacial score (nSPS) is 10.8. The summed E-state index contributed by atoms with van der Waals surface area (Å²) in [5, 5.41) is 9.21. The molecule has 0 aliphatic rings. The molecule has 0 saturated carbocycles. The molecule has 3 N–H and O–H groups in total. The van der Waals surface area contributed by atoms with Crippen LogP contribution in [0.25, 0.3) is 0 Å². The number of nitrogens with zero attached hydrogens (tertiary/aromatic N) is 3. The number of hydrogen-bond acceptors (Lipinski definition) is 9. The summed E-state index contributed by atoms with van der Waals surface area (Å²) >= 11 is 0. The second-order valence-corrected chi connectivity index (χ2v) is 8.56. The van der Waals surface area contributed by atoms with Crippen molar-refractivity contribution in [2.45, 2.75) is 20.3 Å². The highest BCUT2D eigenvalue weighted by Crippen LogP contribution is 2.19. The average Bonchev–Trinajstić information content (AvgIpc) is 2.90. The Hall–Kier alpha value is -3.76. The third kappa shape index (κ3) is 11.2. The van der Waals surface area contributed by atoms with E-state index in [0.717, 1.165) is 13.0 Å². The molecule has 0 saturated heterocycles. The molecule has 3 rings (SSSR count). The summed E-state index contributed by atoms with van der Waals surface area (Å²) in [7, 11) is 0. The van der Waals surface area contributed by atoms with E-state index in [1.165, 1.54) is 0 Å². The van der Waals surface area contributed by atoms with Crippen molar-refractivity contribution in [2.24, 2.45) is 5.92 Å². The van der Waals surface area contributed by atoms with Gasteiger partial charge in [-0.15, -0.1) is 0 Å². The zero-order valence-electron chi connectivity index (χ0n) is 21.5. The van der Waals surface area contributed by atoms with E-state index in [2.05, 4.69) is 44.7 Å². The van der Waals surface area contributed by atoms with Crippen LogP contribution in [0.15, 0.2) is 60.7 Å². The fourth-order valence-corrected chi connectivity index (χ4v) is 3.11. The molecule has 198 valence electrons. The summed E-state index contributed by atoms with van der Waals surface area (Å²) < 4.78 is 16.9. The van der Waals surface area contributed by atoms with Crippen LogP contribution in [0.3, 0.4) is 0 Å². The van der Waals surface area contributed by atoms with E-state index in [-0.39, 0.29) is 11.9 Å². The molecule has 1 heterocycles. The van der Waals surface area contributed by atoms with Crippen molar-refractivity contribution >= 4 is 17.8 Å². The first-order valence-electron chi connectivity index (χ1n) is 12.6. The van der Waals surface area contributed by atoms with E-state index in [1.54, 1.807) is 12.1 Å². The van der Waals surface area contributed by atoms with Crippen molar-refractivity contribution in [3.8, 4) is 11.8 Å². The van der Waals surface area contributed by atoms with Gasteiger partial charge in [-0.2, -0.15) is 15.0 Å². The number of aromatic nitrogens is 3. The van der Waals surface area contributed by atoms with Crippen LogP contribution in [0, 0.1) is 5.92 Å². The molecule has 0 aliphatic heterocycles. The number of rotatable bonds is 17. The Labute approximate surface area is 218 Å². The monoisotopic (exact) mass is 508 g/mol. The lowest BCUT2D eigenvalue weighted by atomic mass is 10.1. The second-order valence-electron chi connectivity index (χ2n) is 8.56. The molecule has 1 amide bonds. The first-order chi connectivity index (χ1) is 18.1. The highest BCUT2D eigenvalue weighted by Gasteiger charge is 2.09. The van der Waals surface area contributed by atoms with Gasteiger partial charge in [-0.05, 0) is 36.6 Å². The van der Waals surface area contributed by atoms with Crippen molar-refractivity contribution in [3.05, 3.63) is 66.2 Å². The minimum absolute atomic E-state index is 0.111. The van der Waals surface area contributed by atoms with E-state index in [9.17, 15) is 4.79 Å². The minimum Gasteiger partial charge on any atom is -0.424 e. The molecule has 0 fully saturated rings. The van der Waals surface area contributed by atoms with Crippen molar-refractivity contribution < 1.29 is 19.0 Å². The number of amides is 1. The van der Waals surface area contributed by atoms with Gasteiger partial charge < -0.3 is 30.2 Å². The molecule has 0 atom stereocenters. The first kappa shape index (κ1) is 27.8. The molecule has 0 bridgehead atoms. The molecule has 0 unspecified atom stereocenters. The Morgan fingerprint density at radius 1 is 0.757 bits per heavy atom. The van der Waals surface area contributed by atoms with E-state index < -0.39 is 0 Å². The average molecular weight is 509 g/mol. The van der Waals surface area contributed by atoms with Crippen molar-refractivity contribution in [3.63, 3.8) is 0 Å². The summed E-state index contributed by atoms with van der Waals surface area (Å²) in [6.45, 7) is 7.78. The van der Waals surface area contributed by atoms with Crippen LogP contribution in [-0.2, 0) is 9.47 Å². The highest BCUT2D eigenvalue weighted by atomic mass is 16.5. The van der Waals surface area contributed by atoms with Crippen molar-refractivity contribution in [1.82, 2.24) is 20.3 Å². The summed E-state index contributed by atoms with van der Waals surface area (Å²) in [5.74, 6) is 1.97. The smallest absolute Gasteiger partial charge is 0.328 e. The molecule has 2 aromatic carbocycles. The van der Waals surface area contributed by atoms with Gasteiger partial charge in [0.1, 0.15) is 5.75 Å². The van der Waals surface area contributed by atoms with Crippen LogP contribution < -0.4 is 20.7 Å². The third-order valence-electron chi connectivity index (χ3n) is 5.04. The van der Waals surface area contributed by atoms with Gasteiger partial charge >= 0.3 is 6.01 Å². The lowest BCUT2D eigenvalue weighted by Gasteiger charge is -2.11. The summed E-state index contributed by atoms with van der Waals surface area (Å²) in [4.78, 5) is 25.1. The Morgan fingerprint density at radius 2 is 1.35 bits per heavy atom. The molecule has 37 heavy (non-hydrogen) atoms. The quantitative estimate of drug-likeness (QED) is 0.232. The van der Waals surface area contributed by atoms with Gasteiger partial charge in [0.2, 0.25) is 11.9 Å². The van der Waals surface area contributed by atoms with E-state index in [1.807, 2.05) is 48.5 Å². The summed E-state index contributed by atoms with van der Waals surface area (Å²) in [5.41, 5.74) is 0.633. The van der Waals surface area contributed by atoms with E-state index in [4.69, 9.17) is 14.2 Å². The molecular formula is C27H36N6O4. The fraction of sp³-hybridized carbons (Fsp3) is 0.407. The maximum atomic E-state index is 12.0. The van der Waals surface area contributed by atoms with Crippen LogP contribution >= 0.6 is 0 Å². The lowest BCUT2D eigenvalue weighted by Crippen LogP contribution is -2.27. The van der Waals surface area contributed by atoms with Crippen molar-refractivity contribution in [1.29, 1.82) is 0 Å². The van der Waals surface area contributed by atoms with Crippen LogP contribution in [0.2, 0.25) is 0 Å². The number of para-hydroxylation sites is 1. The van der Waals surface area contributed by atoms with Gasteiger partial charge in [0.15, 0.2) is 0 Å². The lowest BCUT2D eigenvalue weighted by molar-refractivity contribution is 0.0519. The predicted octanol–water partition coefficient (Wildman–Crippen LogP) is 4.00. The number of anilines is 2. The second kappa shape index (κ2) is 16.1. The molecule has 10 heteroatoms. The van der Waals surface area contributed by atoms with Gasteiger partial charge in [0.05, 0.1) is 26.4 Å². The van der Waals surface area contributed by atoms with Crippen LogP contribution in [0.4, 0.5) is 11.9 Å². The van der Waals surface area contributed by atoms with Gasteiger partial charge in [-0.3, -0.25) is 4.79 Å². The summed E-state index contributed by atoms with van der Waals surface area (Å²) in [6, 6.07) is 18.7. The number of ether oxygens (including phenoxy) is 3. The summed E-state index contributed by atoms with van der Waals surface area (Å²) in [6.07, 6.45) is 0.999. The molecule has 3 aromatic rings. The Balaban J connectivity index is 1.34. The molecule has 0 aliphatic carbocycles. The molecular weight excluding hydrogens is 472 g/mol. The Kier molecular flexibility index (Phi) is 12.1. The minimum atomic E-state index is -0.111. The van der Waals surface area contributed by atoms with Crippen molar-refractivity contribution in [2.75, 3.05) is 56.7 Å². The van der Waals surface area contributed by atoms with Gasteiger partial charge in [0, 0.05) is 25.2 Å². The fourth-order valence-electron chi connectivity index (χ4n) is 3.11. The number of nitrogens with one attached hydrogen (secondary N) is 3. The Bertz CT molecular complexity index is 1050. The SMILES string of the molecule is CC(C)CCNc1nc(NCCOCCOCCNC(=O)c2ccccc2)nc(Oc2ccccc2)n1. The molecule has 1 aromatic heterocycles.